The molecule has 0 heterocycles. The van der Waals surface area contributed by atoms with Crippen LogP contribution in [0, 0.1) is 5.39 Å². The van der Waals surface area contributed by atoms with Crippen LogP contribution in [-0.4, -0.2) is 5.11 Å². The van der Waals surface area contributed by atoms with Gasteiger partial charge in [-0.1, -0.05) is 29.8 Å². The Morgan fingerprint density at radius 1 is 0.944 bits per heavy atom. The molecule has 0 aliphatic rings. The Labute approximate surface area is 108 Å². The second-order valence-corrected chi connectivity index (χ2v) is 4.47. The van der Waals surface area contributed by atoms with E-state index in [-0.39, 0.29) is 5.75 Å². The predicted octanol–water partition coefficient (Wildman–Crippen LogP) is 4.84. The van der Waals surface area contributed by atoms with E-state index < -0.39 is 0 Å². The summed E-state index contributed by atoms with van der Waals surface area (Å²) in [6.07, 6.45) is 0. The molecule has 3 nitrogen and oxygen atoms in total. The number of phenolic OH excluding ortho intramolecular Hbond substituents is 1. The molecule has 3 aromatic rings. The summed E-state index contributed by atoms with van der Waals surface area (Å²) in [5.74, 6) is 0.171. The van der Waals surface area contributed by atoms with Crippen molar-refractivity contribution in [3.8, 4) is 5.75 Å². The van der Waals surface area contributed by atoms with Crippen LogP contribution in [0.4, 0.5) is 5.69 Å². The number of hydrogen-bond donors (Lipinski definition) is 1. The van der Waals surface area contributed by atoms with Crippen LogP contribution < -0.4 is 0 Å². The number of diazo groups is 1. The predicted molar refractivity (Wildman–Crippen MR) is 72.9 cm³/mol. The molecular weight excluding hydrogens is 248 g/mol. The average molecular weight is 256 g/mol. The molecule has 0 bridgehead atoms. The van der Waals surface area contributed by atoms with Crippen LogP contribution in [0.25, 0.3) is 26.5 Å². The molecule has 0 atom stereocenters. The lowest BCUT2D eigenvalue weighted by molar-refractivity contribution is 0.488. The molecule has 0 spiro atoms. The summed E-state index contributed by atoms with van der Waals surface area (Å²) in [6.45, 7) is 0. The molecule has 0 radical (unpaired) electrons. The zero-order chi connectivity index (χ0) is 12.7. The molecule has 0 aliphatic heterocycles. The minimum Gasteiger partial charge on any atom is -0.507 e. The minimum atomic E-state index is 0.171. The molecule has 0 amide bonds. The van der Waals surface area contributed by atoms with Gasteiger partial charge in [0.1, 0.15) is 5.75 Å². The molecule has 3 rings (SSSR count). The van der Waals surface area contributed by atoms with Crippen molar-refractivity contribution in [3.63, 3.8) is 0 Å². The summed E-state index contributed by atoms with van der Waals surface area (Å²) in [5, 5.41) is 22.6. The zero-order valence-electron chi connectivity index (χ0n) is 9.26. The second-order valence-electron chi connectivity index (χ2n) is 4.03. The van der Waals surface area contributed by atoms with Crippen molar-refractivity contribution in [2.75, 3.05) is 0 Å². The first kappa shape index (κ1) is 10.8. The standard InChI is InChI=1S/C14H7ClN2O/c15-8-5-6-11-12(7-8)13(17-16)9-3-1-2-4-10(9)14(11)18/h1-7H/p+1. The summed E-state index contributed by atoms with van der Waals surface area (Å²) >= 11 is 5.95. The number of halogens is 1. The number of aromatic hydroxyl groups is 1. The van der Waals surface area contributed by atoms with Gasteiger partial charge in [-0.25, -0.2) is 0 Å². The Bertz CT molecular complexity index is 821. The SMILES string of the molecule is N#[N+]c1c2ccccc2c(O)c2ccc(Cl)cc12. The van der Waals surface area contributed by atoms with Crippen LogP contribution in [0.5, 0.6) is 5.75 Å². The van der Waals surface area contributed by atoms with Crippen molar-refractivity contribution in [1.82, 2.24) is 0 Å². The first-order chi connectivity index (χ1) is 8.72. The fourth-order valence-electron chi connectivity index (χ4n) is 2.21. The van der Waals surface area contributed by atoms with Gasteiger partial charge >= 0.3 is 5.69 Å². The maximum Gasteiger partial charge on any atom is 0.400 e. The molecule has 18 heavy (non-hydrogen) atoms. The van der Waals surface area contributed by atoms with Gasteiger partial charge in [-0.2, -0.15) is 0 Å². The van der Waals surface area contributed by atoms with Crippen LogP contribution in [0.15, 0.2) is 42.5 Å². The van der Waals surface area contributed by atoms with Crippen molar-refractivity contribution in [2.24, 2.45) is 0 Å². The Morgan fingerprint density at radius 2 is 1.61 bits per heavy atom. The summed E-state index contributed by atoms with van der Waals surface area (Å²) in [5.41, 5.74) is 0.418. The van der Waals surface area contributed by atoms with Gasteiger partial charge < -0.3 is 5.11 Å². The number of fused-ring (bicyclic) bond motifs is 2. The monoisotopic (exact) mass is 255 g/mol. The van der Waals surface area contributed by atoms with Crippen LogP contribution >= 0.6 is 11.6 Å². The molecule has 0 aliphatic carbocycles. The quantitative estimate of drug-likeness (QED) is 0.462. The molecule has 0 saturated heterocycles. The number of rotatable bonds is 0. The Kier molecular flexibility index (Phi) is 2.32. The Hall–Kier alpha value is -2.31. The van der Waals surface area contributed by atoms with E-state index >= 15 is 0 Å². The Morgan fingerprint density at radius 3 is 2.33 bits per heavy atom. The van der Waals surface area contributed by atoms with Crippen LogP contribution in [0.2, 0.25) is 5.02 Å². The van der Waals surface area contributed by atoms with E-state index in [2.05, 4.69) is 4.98 Å². The fraction of sp³-hybridized carbons (Fsp3) is 0. The molecule has 86 valence electrons. The second kappa shape index (κ2) is 3.86. The summed E-state index contributed by atoms with van der Waals surface area (Å²) in [4.78, 5) is 3.34. The van der Waals surface area contributed by atoms with Crippen LogP contribution in [0.3, 0.4) is 0 Å². The lowest BCUT2D eigenvalue weighted by Crippen LogP contribution is -1.80. The topological polar surface area (TPSA) is 48.4 Å². The van der Waals surface area contributed by atoms with Crippen molar-refractivity contribution in [3.05, 3.63) is 52.5 Å². The largest absolute Gasteiger partial charge is 0.507 e. The van der Waals surface area contributed by atoms with E-state index in [1.165, 1.54) is 0 Å². The van der Waals surface area contributed by atoms with Gasteiger partial charge in [-0.05, 0) is 24.3 Å². The Balaban J connectivity index is 2.67. The molecule has 1 N–H and O–H groups in total. The van der Waals surface area contributed by atoms with Gasteiger partial charge in [0.15, 0.2) is 4.98 Å². The van der Waals surface area contributed by atoms with E-state index in [0.29, 0.717) is 32.3 Å². The third-order valence-electron chi connectivity index (χ3n) is 3.03. The van der Waals surface area contributed by atoms with Gasteiger partial charge in [0, 0.05) is 15.8 Å². The molecule has 0 unspecified atom stereocenters. The zero-order valence-corrected chi connectivity index (χ0v) is 10.0. The van der Waals surface area contributed by atoms with Gasteiger partial charge in [0.05, 0.1) is 10.8 Å². The summed E-state index contributed by atoms with van der Waals surface area (Å²) in [7, 11) is 0. The normalized spacial score (nSPS) is 10.7. The van der Waals surface area contributed by atoms with Crippen LogP contribution in [-0.2, 0) is 0 Å². The summed E-state index contributed by atoms with van der Waals surface area (Å²) < 4.78 is 0. The van der Waals surface area contributed by atoms with Crippen LogP contribution in [0.1, 0.15) is 0 Å². The lowest BCUT2D eigenvalue weighted by Gasteiger charge is -2.04. The van der Waals surface area contributed by atoms with Crippen molar-refractivity contribution in [1.29, 1.82) is 5.39 Å². The van der Waals surface area contributed by atoms with E-state index in [1.54, 1.807) is 30.3 Å². The van der Waals surface area contributed by atoms with Gasteiger partial charge in [-0.3, -0.25) is 0 Å². The highest BCUT2D eigenvalue weighted by Crippen LogP contribution is 2.42. The van der Waals surface area contributed by atoms with E-state index in [4.69, 9.17) is 11.6 Å². The smallest absolute Gasteiger partial charge is 0.400 e. The average Bonchev–Trinajstić information content (AvgIpc) is 2.39. The lowest BCUT2D eigenvalue weighted by atomic mass is 10.00. The van der Waals surface area contributed by atoms with Gasteiger partial charge in [-0.15, -0.1) is 0 Å². The molecule has 4 heteroatoms. The maximum atomic E-state index is 10.3. The van der Waals surface area contributed by atoms with Gasteiger partial charge in [0.2, 0.25) is 5.39 Å². The van der Waals surface area contributed by atoms with E-state index in [9.17, 15) is 10.5 Å². The first-order valence-corrected chi connectivity index (χ1v) is 5.78. The number of benzene rings is 3. The van der Waals surface area contributed by atoms with Crippen molar-refractivity contribution < 1.29 is 5.11 Å². The fourth-order valence-corrected chi connectivity index (χ4v) is 2.39. The van der Waals surface area contributed by atoms with Crippen molar-refractivity contribution >= 4 is 38.8 Å². The third kappa shape index (κ3) is 1.40. The van der Waals surface area contributed by atoms with E-state index in [0.717, 1.165) is 0 Å². The van der Waals surface area contributed by atoms with Crippen molar-refractivity contribution in [2.45, 2.75) is 0 Å². The number of hydrogen-bond acceptors (Lipinski definition) is 2. The number of phenols is 1. The molecule has 3 aromatic carbocycles. The van der Waals surface area contributed by atoms with Gasteiger partial charge in [0.25, 0.3) is 0 Å². The highest BCUT2D eigenvalue weighted by molar-refractivity contribution is 6.32. The first-order valence-electron chi connectivity index (χ1n) is 5.40. The third-order valence-corrected chi connectivity index (χ3v) is 3.26. The molecular formula is C14H8ClN2O+. The molecule has 0 aromatic heterocycles. The highest BCUT2D eigenvalue weighted by atomic mass is 35.5. The maximum absolute atomic E-state index is 10.3. The minimum absolute atomic E-state index is 0.171. The summed E-state index contributed by atoms with van der Waals surface area (Å²) in [6, 6.07) is 12.3. The molecule has 0 fully saturated rings. The molecule has 0 saturated carbocycles. The highest BCUT2D eigenvalue weighted by Gasteiger charge is 2.21. The number of nitrogens with zero attached hydrogens (tertiary/aromatic N) is 2. The van der Waals surface area contributed by atoms with E-state index in [1.807, 2.05) is 12.1 Å².